The maximum absolute atomic E-state index is 12.3. The van der Waals surface area contributed by atoms with Gasteiger partial charge in [0, 0.05) is 44.1 Å². The normalized spacial score (nSPS) is 32.7. The van der Waals surface area contributed by atoms with Crippen molar-refractivity contribution in [2.75, 3.05) is 26.2 Å². The third kappa shape index (κ3) is 3.21. The Morgan fingerprint density at radius 1 is 1.50 bits per heavy atom. The Morgan fingerprint density at radius 2 is 2.35 bits per heavy atom. The van der Waals surface area contributed by atoms with Gasteiger partial charge in [0.2, 0.25) is 0 Å². The molecule has 4 heterocycles. The van der Waals surface area contributed by atoms with Gasteiger partial charge in [-0.1, -0.05) is 16.8 Å². The highest BCUT2D eigenvalue weighted by Gasteiger charge is 2.62. The Hall–Kier alpha value is -1.66. The molecule has 0 saturated carbocycles. The zero-order valence-electron chi connectivity index (χ0n) is 16.0. The van der Waals surface area contributed by atoms with E-state index in [1.54, 1.807) is 13.0 Å². The van der Waals surface area contributed by atoms with E-state index in [9.17, 15) is 4.79 Å². The number of hydrogen-bond donors (Lipinski definition) is 1. The van der Waals surface area contributed by atoms with E-state index in [0.717, 1.165) is 38.9 Å². The summed E-state index contributed by atoms with van der Waals surface area (Å²) in [6, 6.07) is 1.68. The van der Waals surface area contributed by atoms with Crippen molar-refractivity contribution < 1.29 is 14.1 Å². The molecule has 6 nitrogen and oxygen atoms in total. The van der Waals surface area contributed by atoms with E-state index < -0.39 is 0 Å². The molecule has 1 N–H and O–H groups in total. The molecule has 2 bridgehead atoms. The fraction of sp³-hybridized carbons (Fsp3) is 0.700. The highest BCUT2D eigenvalue weighted by atomic mass is 16.5. The molecule has 1 spiro atoms. The quantitative estimate of drug-likeness (QED) is 0.791. The summed E-state index contributed by atoms with van der Waals surface area (Å²) >= 11 is 0. The average Bonchev–Trinajstić information content (AvgIpc) is 3.32. The molecule has 142 valence electrons. The van der Waals surface area contributed by atoms with E-state index in [4.69, 9.17) is 9.26 Å². The molecule has 0 aliphatic carbocycles. The van der Waals surface area contributed by atoms with Gasteiger partial charge in [-0.2, -0.15) is 0 Å². The van der Waals surface area contributed by atoms with Crippen LogP contribution in [0.15, 0.2) is 22.2 Å². The minimum absolute atomic E-state index is 0.0233. The first-order chi connectivity index (χ1) is 12.5. The van der Waals surface area contributed by atoms with Crippen LogP contribution >= 0.6 is 0 Å². The van der Waals surface area contributed by atoms with E-state index in [1.165, 1.54) is 5.57 Å². The number of allylic oxidation sites excluding steroid dienone is 1. The minimum Gasteiger partial charge on any atom is -0.370 e. The van der Waals surface area contributed by atoms with Crippen molar-refractivity contribution in [2.24, 2.45) is 11.8 Å². The summed E-state index contributed by atoms with van der Waals surface area (Å²) in [5.74, 6) is 1.42. The van der Waals surface area contributed by atoms with Gasteiger partial charge in [-0.3, -0.25) is 9.69 Å². The van der Waals surface area contributed by atoms with Gasteiger partial charge in [-0.05, 0) is 40.0 Å². The number of carbonyl (C=O) groups excluding carboxylic acids is 1. The Labute approximate surface area is 154 Å². The first kappa shape index (κ1) is 17.7. The molecule has 1 amide bonds. The van der Waals surface area contributed by atoms with Crippen LogP contribution in [0.5, 0.6) is 0 Å². The van der Waals surface area contributed by atoms with Crippen molar-refractivity contribution >= 4 is 5.91 Å². The molecule has 1 aromatic rings. The zero-order chi connectivity index (χ0) is 18.3. The van der Waals surface area contributed by atoms with Gasteiger partial charge in [-0.25, -0.2) is 0 Å². The summed E-state index contributed by atoms with van der Waals surface area (Å²) in [5.41, 5.74) is 1.76. The van der Waals surface area contributed by atoms with Crippen molar-refractivity contribution in [1.82, 2.24) is 15.4 Å². The van der Waals surface area contributed by atoms with E-state index in [0.29, 0.717) is 35.9 Å². The van der Waals surface area contributed by atoms with Crippen LogP contribution in [0.25, 0.3) is 0 Å². The molecule has 3 aliphatic heterocycles. The topological polar surface area (TPSA) is 67.6 Å². The second kappa shape index (κ2) is 6.82. The summed E-state index contributed by atoms with van der Waals surface area (Å²) < 4.78 is 11.5. The molecule has 3 saturated heterocycles. The lowest BCUT2D eigenvalue weighted by Gasteiger charge is -2.29. The van der Waals surface area contributed by atoms with Crippen molar-refractivity contribution in [3.05, 3.63) is 29.2 Å². The second-order valence-electron chi connectivity index (χ2n) is 8.37. The number of rotatable bonds is 6. The van der Waals surface area contributed by atoms with Gasteiger partial charge in [-0.15, -0.1) is 0 Å². The first-order valence-corrected chi connectivity index (χ1v) is 9.72. The third-order valence-corrected chi connectivity index (χ3v) is 6.21. The fourth-order valence-electron chi connectivity index (χ4n) is 5.04. The molecule has 3 fully saturated rings. The van der Waals surface area contributed by atoms with E-state index in [2.05, 4.69) is 35.3 Å². The summed E-state index contributed by atoms with van der Waals surface area (Å²) in [7, 11) is 0. The highest BCUT2D eigenvalue weighted by Crippen LogP contribution is 2.54. The van der Waals surface area contributed by atoms with E-state index in [-0.39, 0.29) is 11.5 Å². The van der Waals surface area contributed by atoms with Crippen LogP contribution in [0.3, 0.4) is 0 Å². The van der Waals surface area contributed by atoms with Crippen LogP contribution in [0.1, 0.15) is 49.4 Å². The lowest BCUT2D eigenvalue weighted by Crippen LogP contribution is -2.42. The molecule has 0 radical (unpaired) electrons. The predicted octanol–water partition coefficient (Wildman–Crippen LogP) is 2.55. The van der Waals surface area contributed by atoms with Crippen LogP contribution in [0, 0.1) is 18.8 Å². The summed E-state index contributed by atoms with van der Waals surface area (Å²) in [4.78, 5) is 14.8. The monoisotopic (exact) mass is 359 g/mol. The van der Waals surface area contributed by atoms with Crippen molar-refractivity contribution in [3.63, 3.8) is 0 Å². The van der Waals surface area contributed by atoms with Gasteiger partial charge in [0.25, 0.3) is 5.91 Å². The number of hydrogen-bond acceptors (Lipinski definition) is 5. The largest absolute Gasteiger partial charge is 0.370 e. The number of amides is 1. The SMILES string of the molecule is CC(C)=CCCN1C[C@@H]2[C@H](CNC(=O)c3cc(C)on3)[C@H]3CC[C@]2(C1)O3. The number of nitrogens with one attached hydrogen (secondary N) is 1. The number of aryl methyl sites for hydroxylation is 1. The van der Waals surface area contributed by atoms with Crippen LogP contribution in [-0.4, -0.2) is 53.8 Å². The van der Waals surface area contributed by atoms with Crippen LogP contribution < -0.4 is 5.32 Å². The van der Waals surface area contributed by atoms with Gasteiger partial charge in [0.1, 0.15) is 5.76 Å². The number of likely N-dealkylation sites (tertiary alicyclic amines) is 1. The van der Waals surface area contributed by atoms with E-state index in [1.807, 2.05) is 0 Å². The van der Waals surface area contributed by atoms with Gasteiger partial charge < -0.3 is 14.6 Å². The van der Waals surface area contributed by atoms with Gasteiger partial charge in [0.15, 0.2) is 5.69 Å². The molecule has 0 unspecified atom stereocenters. The molecular formula is C20H29N3O3. The molecule has 4 atom stereocenters. The Morgan fingerprint density at radius 3 is 3.08 bits per heavy atom. The number of carbonyl (C=O) groups is 1. The second-order valence-corrected chi connectivity index (χ2v) is 8.37. The molecule has 1 aromatic heterocycles. The average molecular weight is 359 g/mol. The Kier molecular flexibility index (Phi) is 4.65. The number of ether oxygens (including phenoxy) is 1. The smallest absolute Gasteiger partial charge is 0.273 e. The van der Waals surface area contributed by atoms with Crippen LogP contribution in [0.2, 0.25) is 0 Å². The molecule has 3 aliphatic rings. The summed E-state index contributed by atoms with van der Waals surface area (Å²) in [6.45, 7) is 9.96. The van der Waals surface area contributed by atoms with Crippen LogP contribution in [0.4, 0.5) is 0 Å². The maximum Gasteiger partial charge on any atom is 0.273 e. The van der Waals surface area contributed by atoms with Crippen LogP contribution in [-0.2, 0) is 4.74 Å². The molecular weight excluding hydrogens is 330 g/mol. The lowest BCUT2D eigenvalue weighted by atomic mass is 9.73. The zero-order valence-corrected chi connectivity index (χ0v) is 16.0. The number of nitrogens with zero attached hydrogens (tertiary/aromatic N) is 2. The van der Waals surface area contributed by atoms with E-state index >= 15 is 0 Å². The van der Waals surface area contributed by atoms with Crippen molar-refractivity contribution in [3.8, 4) is 0 Å². The van der Waals surface area contributed by atoms with Crippen molar-refractivity contribution in [1.29, 1.82) is 0 Å². The predicted molar refractivity (Wildman–Crippen MR) is 97.9 cm³/mol. The Balaban J connectivity index is 1.36. The highest BCUT2D eigenvalue weighted by molar-refractivity contribution is 5.92. The van der Waals surface area contributed by atoms with Gasteiger partial charge in [0.05, 0.1) is 11.7 Å². The van der Waals surface area contributed by atoms with Gasteiger partial charge >= 0.3 is 0 Å². The lowest BCUT2D eigenvalue weighted by molar-refractivity contribution is 0.00290. The van der Waals surface area contributed by atoms with Crippen molar-refractivity contribution in [2.45, 2.75) is 51.7 Å². The Bertz CT molecular complexity index is 709. The standard InChI is InChI=1S/C20H29N3O3/c1-13(2)5-4-8-23-11-16-15(18-6-7-20(16,12-23)25-18)10-21-19(24)17-9-14(3)26-22-17/h5,9,15-16,18H,4,6-8,10-12H2,1-3H3,(H,21,24)/t15-,16+,18+,20+/m0/s1. The summed E-state index contributed by atoms with van der Waals surface area (Å²) in [6.07, 6.45) is 5.97. The first-order valence-electron chi connectivity index (χ1n) is 9.72. The summed E-state index contributed by atoms with van der Waals surface area (Å²) in [5, 5.41) is 6.85. The molecule has 6 heteroatoms. The third-order valence-electron chi connectivity index (χ3n) is 6.21. The molecule has 4 rings (SSSR count). The molecule has 0 aromatic carbocycles. The maximum atomic E-state index is 12.3. The molecule has 26 heavy (non-hydrogen) atoms. The number of fused-ring (bicyclic) bond motifs is 1. The minimum atomic E-state index is -0.155. The fourth-order valence-corrected chi connectivity index (χ4v) is 5.04. The number of aromatic nitrogens is 1.